The molecule has 0 aliphatic carbocycles. The zero-order chi connectivity index (χ0) is 16.8. The van der Waals surface area contributed by atoms with Crippen molar-refractivity contribution in [2.24, 2.45) is 0 Å². The van der Waals surface area contributed by atoms with Crippen LogP contribution in [0.5, 0.6) is 11.5 Å². The van der Waals surface area contributed by atoms with Crippen molar-refractivity contribution in [3.05, 3.63) is 57.6 Å². The van der Waals surface area contributed by atoms with E-state index in [1.54, 1.807) is 24.3 Å². The molecule has 0 saturated heterocycles. The maximum atomic E-state index is 11.5. The lowest BCUT2D eigenvalue weighted by Crippen LogP contribution is -2.13. The van der Waals surface area contributed by atoms with Crippen molar-refractivity contribution in [2.45, 2.75) is 0 Å². The van der Waals surface area contributed by atoms with Crippen LogP contribution in [-0.4, -0.2) is 22.8 Å². The molecule has 0 fully saturated rings. The predicted octanol–water partition coefficient (Wildman–Crippen LogP) is 4.34. The predicted molar refractivity (Wildman–Crippen MR) is 91.6 cm³/mol. The molecule has 6 nitrogen and oxygen atoms in total. The van der Waals surface area contributed by atoms with Gasteiger partial charge in [-0.25, -0.2) is 0 Å². The minimum atomic E-state index is -0.526. The number of nitrogens with one attached hydrogen (secondary N) is 1. The van der Waals surface area contributed by atoms with Gasteiger partial charge in [0.2, 0.25) is 5.91 Å². The van der Waals surface area contributed by atoms with E-state index in [4.69, 9.17) is 16.3 Å². The molecule has 0 spiro atoms. The summed E-state index contributed by atoms with van der Waals surface area (Å²) >= 11 is 7.41. The van der Waals surface area contributed by atoms with E-state index in [9.17, 15) is 14.9 Å². The number of ether oxygens (including phenoxy) is 1. The Morgan fingerprint density at radius 1 is 1.30 bits per heavy atom. The van der Waals surface area contributed by atoms with Crippen LogP contribution in [0.1, 0.15) is 0 Å². The highest BCUT2D eigenvalue weighted by Crippen LogP contribution is 2.32. The highest BCUT2D eigenvalue weighted by Gasteiger charge is 2.11. The van der Waals surface area contributed by atoms with Crippen molar-refractivity contribution >= 4 is 40.6 Å². The molecular formula is C15H13ClN2O4S. The van der Waals surface area contributed by atoms with Gasteiger partial charge in [-0.1, -0.05) is 11.6 Å². The Bertz CT molecular complexity index is 722. The summed E-state index contributed by atoms with van der Waals surface area (Å²) in [6.07, 6.45) is 1.85. The summed E-state index contributed by atoms with van der Waals surface area (Å²) in [6, 6.07) is 10.7. The molecular weight excluding hydrogens is 340 g/mol. The van der Waals surface area contributed by atoms with Crippen LogP contribution in [0.15, 0.2) is 42.5 Å². The van der Waals surface area contributed by atoms with Gasteiger partial charge in [-0.15, -0.1) is 0 Å². The van der Waals surface area contributed by atoms with Gasteiger partial charge < -0.3 is 10.1 Å². The van der Waals surface area contributed by atoms with Crippen LogP contribution in [0.2, 0.25) is 5.02 Å². The monoisotopic (exact) mass is 352 g/mol. The number of thioether (sulfide) groups is 1. The van der Waals surface area contributed by atoms with Crippen LogP contribution in [-0.2, 0) is 4.79 Å². The van der Waals surface area contributed by atoms with Crippen LogP contribution in [0.25, 0.3) is 0 Å². The highest BCUT2D eigenvalue weighted by atomic mass is 35.5. The fraction of sp³-hybridized carbons (Fsp3) is 0.133. The SMILES string of the molecule is CSCC(=O)Nc1ccc(Oc2ccc([N+](=O)[O-])cc2Cl)cc1. The van der Waals surface area contributed by atoms with Crippen molar-refractivity contribution in [1.29, 1.82) is 0 Å². The van der Waals surface area contributed by atoms with Crippen molar-refractivity contribution in [2.75, 3.05) is 17.3 Å². The first-order chi connectivity index (χ1) is 11.0. The van der Waals surface area contributed by atoms with Gasteiger partial charge in [0, 0.05) is 17.8 Å². The number of hydrogen-bond donors (Lipinski definition) is 1. The molecule has 0 aliphatic rings. The molecule has 0 atom stereocenters. The largest absolute Gasteiger partial charge is 0.456 e. The van der Waals surface area contributed by atoms with Gasteiger partial charge >= 0.3 is 0 Å². The second-order valence-electron chi connectivity index (χ2n) is 4.48. The molecule has 0 aliphatic heterocycles. The second kappa shape index (κ2) is 7.85. The van der Waals surface area contributed by atoms with Crippen molar-refractivity contribution in [1.82, 2.24) is 0 Å². The normalized spacial score (nSPS) is 10.2. The molecule has 23 heavy (non-hydrogen) atoms. The molecule has 0 bridgehead atoms. The summed E-state index contributed by atoms with van der Waals surface area (Å²) < 4.78 is 5.58. The summed E-state index contributed by atoms with van der Waals surface area (Å²) in [5, 5.41) is 13.6. The number of carbonyl (C=O) groups excluding carboxylic acids is 1. The van der Waals surface area contributed by atoms with Crippen LogP contribution in [0.4, 0.5) is 11.4 Å². The lowest BCUT2D eigenvalue weighted by Gasteiger charge is -2.09. The number of non-ortho nitro benzene ring substituents is 1. The number of carbonyl (C=O) groups is 1. The molecule has 0 radical (unpaired) electrons. The summed E-state index contributed by atoms with van der Waals surface area (Å²) in [7, 11) is 0. The molecule has 120 valence electrons. The number of halogens is 1. The van der Waals surface area contributed by atoms with E-state index in [2.05, 4.69) is 5.32 Å². The van der Waals surface area contributed by atoms with E-state index in [1.807, 2.05) is 6.26 Å². The third-order valence-electron chi connectivity index (χ3n) is 2.77. The molecule has 2 aromatic rings. The maximum Gasteiger partial charge on any atom is 0.271 e. The summed E-state index contributed by atoms with van der Waals surface area (Å²) in [5.41, 5.74) is 0.556. The zero-order valence-electron chi connectivity index (χ0n) is 12.1. The first kappa shape index (κ1) is 17.1. The molecule has 1 amide bonds. The Balaban J connectivity index is 2.06. The van der Waals surface area contributed by atoms with Gasteiger partial charge in [0.1, 0.15) is 11.5 Å². The van der Waals surface area contributed by atoms with Crippen LogP contribution in [0.3, 0.4) is 0 Å². The van der Waals surface area contributed by atoms with Crippen LogP contribution in [0, 0.1) is 10.1 Å². The molecule has 2 rings (SSSR count). The molecule has 1 N–H and O–H groups in total. The zero-order valence-corrected chi connectivity index (χ0v) is 13.7. The Kier molecular flexibility index (Phi) is 5.84. The number of rotatable bonds is 6. The molecule has 8 heteroatoms. The Morgan fingerprint density at radius 3 is 2.57 bits per heavy atom. The fourth-order valence-electron chi connectivity index (χ4n) is 1.75. The quantitative estimate of drug-likeness (QED) is 0.617. The van der Waals surface area contributed by atoms with Crippen LogP contribution >= 0.6 is 23.4 Å². The Morgan fingerprint density at radius 2 is 2.00 bits per heavy atom. The first-order valence-corrected chi connectivity index (χ1v) is 8.27. The molecule has 0 saturated carbocycles. The minimum Gasteiger partial charge on any atom is -0.456 e. The molecule has 0 unspecified atom stereocenters. The summed E-state index contributed by atoms with van der Waals surface area (Å²) in [6.45, 7) is 0. The standard InChI is InChI=1S/C15H13ClN2O4S/c1-23-9-15(19)17-10-2-5-12(6-3-10)22-14-7-4-11(18(20)21)8-13(14)16/h2-8H,9H2,1H3,(H,17,19). The van der Waals surface area contributed by atoms with Gasteiger partial charge in [-0.05, 0) is 36.6 Å². The molecule has 0 heterocycles. The third-order valence-corrected chi connectivity index (χ3v) is 3.61. The van der Waals surface area contributed by atoms with Gasteiger partial charge in [-0.3, -0.25) is 14.9 Å². The lowest BCUT2D eigenvalue weighted by molar-refractivity contribution is -0.384. The molecule has 0 aromatic heterocycles. The average molecular weight is 353 g/mol. The van der Waals surface area contributed by atoms with Gasteiger partial charge in [0.05, 0.1) is 15.7 Å². The van der Waals surface area contributed by atoms with Gasteiger partial charge in [0.25, 0.3) is 5.69 Å². The highest BCUT2D eigenvalue weighted by molar-refractivity contribution is 7.99. The number of benzene rings is 2. The Labute approximate surface area is 141 Å². The van der Waals surface area contributed by atoms with Crippen LogP contribution < -0.4 is 10.1 Å². The minimum absolute atomic E-state index is 0.0791. The summed E-state index contributed by atoms with van der Waals surface area (Å²) in [5.74, 6) is 1.13. The van der Waals surface area contributed by atoms with Gasteiger partial charge in [0.15, 0.2) is 0 Å². The number of nitro groups is 1. The first-order valence-electron chi connectivity index (χ1n) is 6.50. The van der Waals surface area contributed by atoms with Crippen molar-refractivity contribution in [3.63, 3.8) is 0 Å². The van der Waals surface area contributed by atoms with E-state index in [-0.39, 0.29) is 16.6 Å². The van der Waals surface area contributed by atoms with E-state index in [1.165, 1.54) is 30.0 Å². The smallest absolute Gasteiger partial charge is 0.271 e. The van der Waals surface area contributed by atoms with Crippen molar-refractivity contribution < 1.29 is 14.5 Å². The van der Waals surface area contributed by atoms with E-state index < -0.39 is 4.92 Å². The lowest BCUT2D eigenvalue weighted by atomic mass is 10.3. The number of nitro benzene ring substituents is 1. The number of anilines is 1. The number of hydrogen-bond acceptors (Lipinski definition) is 5. The Hall–Kier alpha value is -2.25. The number of amides is 1. The second-order valence-corrected chi connectivity index (χ2v) is 5.75. The maximum absolute atomic E-state index is 11.5. The molecule has 2 aromatic carbocycles. The van der Waals surface area contributed by atoms with Crippen molar-refractivity contribution in [3.8, 4) is 11.5 Å². The van der Waals surface area contributed by atoms with E-state index >= 15 is 0 Å². The average Bonchev–Trinajstić information content (AvgIpc) is 2.51. The van der Waals surface area contributed by atoms with E-state index in [0.717, 1.165) is 0 Å². The number of nitrogens with zero attached hydrogens (tertiary/aromatic N) is 1. The van der Waals surface area contributed by atoms with Gasteiger partial charge in [-0.2, -0.15) is 11.8 Å². The summed E-state index contributed by atoms with van der Waals surface area (Å²) in [4.78, 5) is 21.6. The van der Waals surface area contributed by atoms with E-state index in [0.29, 0.717) is 22.9 Å². The third kappa shape index (κ3) is 4.87. The topological polar surface area (TPSA) is 81.5 Å². The fourth-order valence-corrected chi connectivity index (χ4v) is 2.30.